The summed E-state index contributed by atoms with van der Waals surface area (Å²) in [5.41, 5.74) is 5.80. The Morgan fingerprint density at radius 3 is 1.18 bits per heavy atom. The molecule has 0 saturated carbocycles. The first-order valence-corrected chi connectivity index (χ1v) is 11.6. The van der Waals surface area contributed by atoms with E-state index in [1.165, 1.54) is 23.3 Å². The number of carbonyl (C=O) groups excluding carboxylic acids is 2. The highest BCUT2D eigenvalue weighted by molar-refractivity contribution is 6.03. The lowest BCUT2D eigenvalue weighted by Gasteiger charge is -2.06. The molecule has 0 atom stereocenters. The van der Waals surface area contributed by atoms with Gasteiger partial charge in [0.2, 0.25) is 11.8 Å². The quantitative estimate of drug-likeness (QED) is 0.354. The van der Waals surface area contributed by atoms with Crippen LogP contribution < -0.4 is 10.6 Å². The third-order valence-electron chi connectivity index (χ3n) is 5.48. The van der Waals surface area contributed by atoms with Crippen molar-refractivity contribution in [3.63, 3.8) is 0 Å². The van der Waals surface area contributed by atoms with Crippen LogP contribution in [0.25, 0.3) is 12.2 Å². The standard InChI is InChI=1S/C30H32N2O2/c1-21(2)25-11-5-23(6-12-25)9-19-29(33)31-27-15-17-28(18-16-27)32-30(34)20-10-24-7-13-26(14-8-24)22(3)4/h5-22H,1-4H3,(H,31,33)(H,32,34). The molecule has 3 rings (SSSR count). The smallest absolute Gasteiger partial charge is 0.248 e. The Kier molecular flexibility index (Phi) is 8.58. The highest BCUT2D eigenvalue weighted by atomic mass is 16.2. The van der Waals surface area contributed by atoms with E-state index in [4.69, 9.17) is 0 Å². The van der Waals surface area contributed by atoms with Crippen molar-refractivity contribution in [3.05, 3.63) is 107 Å². The monoisotopic (exact) mass is 452 g/mol. The third kappa shape index (κ3) is 7.59. The van der Waals surface area contributed by atoms with Gasteiger partial charge in [-0.15, -0.1) is 0 Å². The minimum atomic E-state index is -0.212. The first-order chi connectivity index (χ1) is 16.3. The molecule has 0 aliphatic heterocycles. The minimum Gasteiger partial charge on any atom is -0.323 e. The predicted molar refractivity (Wildman–Crippen MR) is 143 cm³/mol. The fourth-order valence-corrected chi connectivity index (χ4v) is 3.33. The van der Waals surface area contributed by atoms with Crippen LogP contribution in [0.3, 0.4) is 0 Å². The Morgan fingerprint density at radius 1 is 0.559 bits per heavy atom. The van der Waals surface area contributed by atoms with Gasteiger partial charge in [0.1, 0.15) is 0 Å². The summed E-state index contributed by atoms with van der Waals surface area (Å²) in [6, 6.07) is 23.4. The third-order valence-corrected chi connectivity index (χ3v) is 5.48. The number of amides is 2. The fraction of sp³-hybridized carbons (Fsp3) is 0.200. The molecule has 2 N–H and O–H groups in total. The first-order valence-electron chi connectivity index (χ1n) is 11.6. The zero-order valence-electron chi connectivity index (χ0n) is 20.2. The molecule has 0 radical (unpaired) electrons. The Morgan fingerprint density at radius 2 is 0.882 bits per heavy atom. The van der Waals surface area contributed by atoms with E-state index in [2.05, 4.69) is 62.6 Å². The van der Waals surface area contributed by atoms with Gasteiger partial charge in [-0.1, -0.05) is 76.2 Å². The van der Waals surface area contributed by atoms with Crippen LogP contribution in [0.2, 0.25) is 0 Å². The number of benzene rings is 3. The van der Waals surface area contributed by atoms with Crippen molar-refractivity contribution in [2.45, 2.75) is 39.5 Å². The molecule has 0 aliphatic carbocycles. The molecule has 0 unspecified atom stereocenters. The summed E-state index contributed by atoms with van der Waals surface area (Å²) in [5.74, 6) is 0.534. The number of hydrogen-bond acceptors (Lipinski definition) is 2. The molecule has 3 aromatic carbocycles. The van der Waals surface area contributed by atoms with Gasteiger partial charge in [0, 0.05) is 23.5 Å². The van der Waals surface area contributed by atoms with Gasteiger partial charge in [-0.25, -0.2) is 0 Å². The summed E-state index contributed by atoms with van der Waals surface area (Å²) in [6.07, 6.45) is 6.60. The van der Waals surface area contributed by atoms with Gasteiger partial charge in [0.15, 0.2) is 0 Å². The molecular formula is C30H32N2O2. The lowest BCUT2D eigenvalue weighted by molar-refractivity contribution is -0.112. The average Bonchev–Trinajstić information content (AvgIpc) is 2.83. The fourth-order valence-electron chi connectivity index (χ4n) is 3.33. The van der Waals surface area contributed by atoms with E-state index < -0.39 is 0 Å². The summed E-state index contributed by atoms with van der Waals surface area (Å²) in [5, 5.41) is 5.66. The van der Waals surface area contributed by atoms with Crippen molar-refractivity contribution < 1.29 is 9.59 Å². The largest absolute Gasteiger partial charge is 0.323 e. The van der Waals surface area contributed by atoms with Gasteiger partial charge >= 0.3 is 0 Å². The van der Waals surface area contributed by atoms with Crippen molar-refractivity contribution in [1.29, 1.82) is 0 Å². The zero-order chi connectivity index (χ0) is 24.5. The normalized spacial score (nSPS) is 11.5. The van der Waals surface area contributed by atoms with Gasteiger partial charge < -0.3 is 10.6 Å². The Balaban J connectivity index is 1.50. The zero-order valence-corrected chi connectivity index (χ0v) is 20.2. The number of carbonyl (C=O) groups is 2. The van der Waals surface area contributed by atoms with Gasteiger partial charge in [-0.05, 0) is 70.5 Å². The van der Waals surface area contributed by atoms with E-state index >= 15 is 0 Å². The van der Waals surface area contributed by atoms with E-state index in [-0.39, 0.29) is 11.8 Å². The molecule has 0 bridgehead atoms. The molecule has 0 aromatic heterocycles. The molecule has 2 amide bonds. The van der Waals surface area contributed by atoms with E-state index in [1.54, 1.807) is 36.4 Å². The first kappa shape index (κ1) is 24.7. The summed E-state index contributed by atoms with van der Waals surface area (Å²) in [6.45, 7) is 8.60. The van der Waals surface area contributed by atoms with Crippen LogP contribution in [0.1, 0.15) is 61.8 Å². The van der Waals surface area contributed by atoms with Crippen molar-refractivity contribution >= 4 is 35.3 Å². The van der Waals surface area contributed by atoms with Crippen LogP contribution in [-0.2, 0) is 9.59 Å². The Labute approximate surface area is 202 Å². The second-order valence-corrected chi connectivity index (χ2v) is 8.87. The Bertz CT molecular complexity index is 1060. The van der Waals surface area contributed by atoms with Gasteiger partial charge in [0.25, 0.3) is 0 Å². The van der Waals surface area contributed by atoms with E-state index in [0.717, 1.165) is 11.1 Å². The van der Waals surface area contributed by atoms with Gasteiger partial charge in [0.05, 0.1) is 0 Å². The summed E-state index contributed by atoms with van der Waals surface area (Å²) < 4.78 is 0. The van der Waals surface area contributed by atoms with Crippen LogP contribution in [0.5, 0.6) is 0 Å². The molecule has 174 valence electrons. The van der Waals surface area contributed by atoms with Gasteiger partial charge in [-0.3, -0.25) is 9.59 Å². The molecule has 4 heteroatoms. The molecule has 0 saturated heterocycles. The Hall–Kier alpha value is -3.92. The van der Waals surface area contributed by atoms with Crippen molar-refractivity contribution in [2.24, 2.45) is 0 Å². The summed E-state index contributed by atoms with van der Waals surface area (Å²) in [7, 11) is 0. The number of rotatable bonds is 8. The van der Waals surface area contributed by atoms with Crippen LogP contribution >= 0.6 is 0 Å². The molecular weight excluding hydrogens is 420 g/mol. The maximum Gasteiger partial charge on any atom is 0.248 e. The molecule has 0 spiro atoms. The number of nitrogens with one attached hydrogen (secondary N) is 2. The van der Waals surface area contributed by atoms with E-state index in [9.17, 15) is 9.59 Å². The lowest BCUT2D eigenvalue weighted by Crippen LogP contribution is -2.09. The van der Waals surface area contributed by atoms with Crippen LogP contribution in [0.4, 0.5) is 11.4 Å². The van der Waals surface area contributed by atoms with Crippen LogP contribution in [-0.4, -0.2) is 11.8 Å². The SMILES string of the molecule is CC(C)c1ccc(C=CC(=O)Nc2ccc(NC(=O)C=Cc3ccc(C(C)C)cc3)cc2)cc1. The second kappa shape index (κ2) is 11.8. The van der Waals surface area contributed by atoms with Gasteiger partial charge in [-0.2, -0.15) is 0 Å². The van der Waals surface area contributed by atoms with Crippen molar-refractivity contribution in [2.75, 3.05) is 10.6 Å². The maximum absolute atomic E-state index is 12.2. The van der Waals surface area contributed by atoms with E-state index in [1.807, 2.05) is 24.3 Å². The summed E-state index contributed by atoms with van der Waals surface area (Å²) >= 11 is 0. The molecule has 34 heavy (non-hydrogen) atoms. The van der Waals surface area contributed by atoms with E-state index in [0.29, 0.717) is 23.2 Å². The molecule has 0 fully saturated rings. The minimum absolute atomic E-state index is 0.212. The molecule has 0 aliphatic rings. The topological polar surface area (TPSA) is 58.2 Å². The highest BCUT2D eigenvalue weighted by Gasteiger charge is 2.02. The number of hydrogen-bond donors (Lipinski definition) is 2. The predicted octanol–water partition coefficient (Wildman–Crippen LogP) is 7.24. The summed E-state index contributed by atoms with van der Waals surface area (Å²) in [4.78, 5) is 24.4. The second-order valence-electron chi connectivity index (χ2n) is 8.87. The molecule has 3 aromatic rings. The molecule has 0 heterocycles. The number of anilines is 2. The van der Waals surface area contributed by atoms with Crippen LogP contribution in [0, 0.1) is 0 Å². The molecule has 4 nitrogen and oxygen atoms in total. The van der Waals surface area contributed by atoms with Crippen LogP contribution in [0.15, 0.2) is 84.9 Å². The van der Waals surface area contributed by atoms with Crippen molar-refractivity contribution in [1.82, 2.24) is 0 Å². The maximum atomic E-state index is 12.2. The lowest BCUT2D eigenvalue weighted by atomic mass is 10.0. The highest BCUT2D eigenvalue weighted by Crippen LogP contribution is 2.17. The van der Waals surface area contributed by atoms with Crippen molar-refractivity contribution in [3.8, 4) is 0 Å². The average molecular weight is 453 g/mol.